The van der Waals surface area contributed by atoms with E-state index in [0.717, 1.165) is 45.7 Å². The lowest BCUT2D eigenvalue weighted by Crippen LogP contribution is -2.16. The van der Waals surface area contributed by atoms with Gasteiger partial charge in [-0.1, -0.05) is 19.9 Å². The summed E-state index contributed by atoms with van der Waals surface area (Å²) in [5.74, 6) is 0.477. The van der Waals surface area contributed by atoms with Crippen LogP contribution in [0.4, 0.5) is 0 Å². The Labute approximate surface area is 88.3 Å². The Hall–Kier alpha value is -0.340. The Morgan fingerprint density at radius 3 is 1.93 bits per heavy atom. The monoisotopic (exact) mass is 200 g/mol. The molecule has 0 amide bonds. The summed E-state index contributed by atoms with van der Waals surface area (Å²) in [4.78, 5) is 0. The maximum Gasteiger partial charge on any atom is 0.0519 e. The van der Waals surface area contributed by atoms with E-state index in [-0.39, 0.29) is 0 Å². The molecule has 0 unspecified atom stereocenters. The number of rotatable bonds is 10. The summed E-state index contributed by atoms with van der Waals surface area (Å²) in [5, 5.41) is 0. The Bertz CT molecular complexity index is 113. The minimum Gasteiger partial charge on any atom is -0.381 e. The van der Waals surface area contributed by atoms with Gasteiger partial charge in [0.15, 0.2) is 0 Å². The van der Waals surface area contributed by atoms with Crippen molar-refractivity contribution in [2.45, 2.75) is 33.1 Å². The van der Waals surface area contributed by atoms with Crippen LogP contribution in [0.5, 0.6) is 0 Å². The van der Waals surface area contributed by atoms with Crippen LogP contribution >= 0.6 is 0 Å². The van der Waals surface area contributed by atoms with Gasteiger partial charge in [-0.3, -0.25) is 0 Å². The summed E-state index contributed by atoms with van der Waals surface area (Å²) < 4.78 is 11.0. The van der Waals surface area contributed by atoms with Crippen LogP contribution in [0.1, 0.15) is 33.1 Å². The van der Waals surface area contributed by atoms with E-state index < -0.39 is 0 Å². The largest absolute Gasteiger partial charge is 0.381 e. The molecule has 0 atom stereocenters. The van der Waals surface area contributed by atoms with Gasteiger partial charge < -0.3 is 9.47 Å². The molecule has 2 nitrogen and oxygen atoms in total. The molecule has 0 spiro atoms. The third-order valence-electron chi connectivity index (χ3n) is 1.90. The topological polar surface area (TPSA) is 18.5 Å². The molecule has 0 saturated carbocycles. The summed E-state index contributed by atoms with van der Waals surface area (Å²) in [6.07, 6.45) is 5.08. The highest BCUT2D eigenvalue weighted by molar-refractivity contribution is 4.72. The summed E-state index contributed by atoms with van der Waals surface area (Å²) in [7, 11) is 0. The standard InChI is InChI=1S/C12H24O2/c1-4-7-12(10-13-8-5-2)11-14-9-6-3/h4,12H,1,5-11H2,2-3H3. The van der Waals surface area contributed by atoms with E-state index >= 15 is 0 Å². The van der Waals surface area contributed by atoms with Gasteiger partial charge in [-0.05, 0) is 19.3 Å². The van der Waals surface area contributed by atoms with Crippen molar-refractivity contribution < 1.29 is 9.47 Å². The van der Waals surface area contributed by atoms with Crippen LogP contribution in [0.25, 0.3) is 0 Å². The fourth-order valence-electron chi connectivity index (χ4n) is 1.21. The minimum absolute atomic E-state index is 0.477. The van der Waals surface area contributed by atoms with Crippen molar-refractivity contribution in [3.05, 3.63) is 12.7 Å². The molecular formula is C12H24O2. The van der Waals surface area contributed by atoms with E-state index in [1.807, 2.05) is 6.08 Å². The second kappa shape index (κ2) is 10.7. The molecule has 2 heteroatoms. The first-order chi connectivity index (χ1) is 6.85. The Morgan fingerprint density at radius 1 is 1.07 bits per heavy atom. The number of ether oxygens (including phenoxy) is 2. The van der Waals surface area contributed by atoms with E-state index in [1.165, 1.54) is 0 Å². The van der Waals surface area contributed by atoms with Crippen molar-refractivity contribution in [2.75, 3.05) is 26.4 Å². The molecule has 0 aromatic rings. The summed E-state index contributed by atoms with van der Waals surface area (Å²) in [5.41, 5.74) is 0. The van der Waals surface area contributed by atoms with Gasteiger partial charge in [-0.2, -0.15) is 0 Å². The zero-order chi connectivity index (χ0) is 10.6. The van der Waals surface area contributed by atoms with Crippen molar-refractivity contribution in [1.82, 2.24) is 0 Å². The highest BCUT2D eigenvalue weighted by atomic mass is 16.5. The predicted octanol–water partition coefficient (Wildman–Crippen LogP) is 3.03. The van der Waals surface area contributed by atoms with Crippen molar-refractivity contribution in [1.29, 1.82) is 0 Å². The number of allylic oxidation sites excluding steroid dienone is 1. The third kappa shape index (κ3) is 8.27. The molecule has 0 rings (SSSR count). The van der Waals surface area contributed by atoms with Gasteiger partial charge in [0, 0.05) is 19.1 Å². The molecular weight excluding hydrogens is 176 g/mol. The lowest BCUT2D eigenvalue weighted by molar-refractivity contribution is 0.0407. The first-order valence-electron chi connectivity index (χ1n) is 5.61. The van der Waals surface area contributed by atoms with Gasteiger partial charge in [-0.15, -0.1) is 6.58 Å². The average molecular weight is 200 g/mol. The molecule has 0 aromatic heterocycles. The predicted molar refractivity (Wildman–Crippen MR) is 60.5 cm³/mol. The molecule has 0 aromatic carbocycles. The van der Waals surface area contributed by atoms with Gasteiger partial charge in [0.1, 0.15) is 0 Å². The molecule has 0 radical (unpaired) electrons. The first-order valence-corrected chi connectivity index (χ1v) is 5.61. The number of hydrogen-bond donors (Lipinski definition) is 0. The van der Waals surface area contributed by atoms with Gasteiger partial charge >= 0.3 is 0 Å². The minimum atomic E-state index is 0.477. The molecule has 84 valence electrons. The Kier molecular flexibility index (Phi) is 10.5. The van der Waals surface area contributed by atoms with Crippen molar-refractivity contribution >= 4 is 0 Å². The fourth-order valence-corrected chi connectivity index (χ4v) is 1.21. The lowest BCUT2D eigenvalue weighted by Gasteiger charge is -2.15. The van der Waals surface area contributed by atoms with Gasteiger partial charge in [-0.25, -0.2) is 0 Å². The second-order valence-corrected chi connectivity index (χ2v) is 3.54. The zero-order valence-electron chi connectivity index (χ0n) is 9.63. The van der Waals surface area contributed by atoms with Crippen molar-refractivity contribution in [3.8, 4) is 0 Å². The molecule has 0 saturated heterocycles. The Morgan fingerprint density at radius 2 is 1.57 bits per heavy atom. The smallest absolute Gasteiger partial charge is 0.0519 e. The fraction of sp³-hybridized carbons (Fsp3) is 0.833. The summed E-state index contributed by atoms with van der Waals surface area (Å²) in [6, 6.07) is 0. The quantitative estimate of drug-likeness (QED) is 0.398. The zero-order valence-corrected chi connectivity index (χ0v) is 9.63. The van der Waals surface area contributed by atoms with Crippen molar-refractivity contribution in [3.63, 3.8) is 0 Å². The lowest BCUT2D eigenvalue weighted by atomic mass is 10.1. The average Bonchev–Trinajstić information content (AvgIpc) is 2.18. The van der Waals surface area contributed by atoms with E-state index in [4.69, 9.17) is 9.47 Å². The first kappa shape index (κ1) is 13.7. The van der Waals surface area contributed by atoms with E-state index in [9.17, 15) is 0 Å². The molecule has 0 fully saturated rings. The van der Waals surface area contributed by atoms with Crippen molar-refractivity contribution in [2.24, 2.45) is 5.92 Å². The van der Waals surface area contributed by atoms with Crippen LogP contribution in [0.3, 0.4) is 0 Å². The molecule has 0 N–H and O–H groups in total. The van der Waals surface area contributed by atoms with Gasteiger partial charge in [0.25, 0.3) is 0 Å². The van der Waals surface area contributed by atoms with E-state index in [0.29, 0.717) is 5.92 Å². The highest BCUT2D eigenvalue weighted by Gasteiger charge is 2.06. The molecule has 0 aliphatic carbocycles. The molecule has 0 aliphatic rings. The van der Waals surface area contributed by atoms with Gasteiger partial charge in [0.2, 0.25) is 0 Å². The molecule has 0 heterocycles. The Balaban J connectivity index is 3.49. The second-order valence-electron chi connectivity index (χ2n) is 3.54. The maximum absolute atomic E-state index is 5.50. The maximum atomic E-state index is 5.50. The van der Waals surface area contributed by atoms with Crippen LogP contribution in [0.15, 0.2) is 12.7 Å². The normalized spacial score (nSPS) is 10.8. The molecule has 0 aliphatic heterocycles. The summed E-state index contributed by atoms with van der Waals surface area (Å²) >= 11 is 0. The van der Waals surface area contributed by atoms with Crippen LogP contribution in [0.2, 0.25) is 0 Å². The van der Waals surface area contributed by atoms with Crippen LogP contribution in [-0.4, -0.2) is 26.4 Å². The molecule has 0 bridgehead atoms. The van der Waals surface area contributed by atoms with E-state index in [1.54, 1.807) is 0 Å². The van der Waals surface area contributed by atoms with Crippen LogP contribution in [0, 0.1) is 5.92 Å². The SMILES string of the molecule is C=CCC(COCCC)COCCC. The summed E-state index contributed by atoms with van der Waals surface area (Å²) in [6.45, 7) is 11.3. The van der Waals surface area contributed by atoms with E-state index in [2.05, 4.69) is 20.4 Å². The number of hydrogen-bond acceptors (Lipinski definition) is 2. The van der Waals surface area contributed by atoms with Crippen LogP contribution < -0.4 is 0 Å². The van der Waals surface area contributed by atoms with Crippen LogP contribution in [-0.2, 0) is 9.47 Å². The highest BCUT2D eigenvalue weighted by Crippen LogP contribution is 2.06. The third-order valence-corrected chi connectivity index (χ3v) is 1.90. The van der Waals surface area contributed by atoms with Gasteiger partial charge in [0.05, 0.1) is 13.2 Å². The molecule has 14 heavy (non-hydrogen) atoms.